The maximum absolute atomic E-state index is 12.8. The maximum Gasteiger partial charge on any atom is 0.254 e. The molecule has 5 heteroatoms. The molecule has 1 N–H and O–H groups in total. The van der Waals surface area contributed by atoms with Gasteiger partial charge in [0.1, 0.15) is 0 Å². The molecule has 1 saturated heterocycles. The summed E-state index contributed by atoms with van der Waals surface area (Å²) in [4.78, 5) is 15.9. The zero-order chi connectivity index (χ0) is 15.2. The first-order valence-electron chi connectivity index (χ1n) is 7.81. The Morgan fingerprint density at radius 3 is 2.55 bits per heavy atom. The third-order valence-corrected chi connectivity index (χ3v) is 4.96. The molecule has 1 amide bonds. The van der Waals surface area contributed by atoms with Crippen LogP contribution in [0.4, 0.5) is 0 Å². The van der Waals surface area contributed by atoms with Crippen LogP contribution in [0.2, 0.25) is 0 Å². The number of halogens is 1. The van der Waals surface area contributed by atoms with E-state index in [2.05, 4.69) is 25.2 Å². The van der Waals surface area contributed by atoms with Gasteiger partial charge in [-0.05, 0) is 44.5 Å². The molecule has 0 radical (unpaired) electrons. The highest BCUT2D eigenvalue weighted by Gasteiger charge is 2.24. The minimum Gasteiger partial charge on any atom is -0.339 e. The van der Waals surface area contributed by atoms with Crippen LogP contribution >= 0.6 is 24.2 Å². The standard InChI is InChI=1S/C17H26N2OS.ClH/c1-13(2)21-16-7-5-4-6-15(16)17(20)19-10-8-14(9-11-19)12-18-3;/h4-7,13-14,18H,8-12H2,1-3H3;1H. The normalized spacial score (nSPS) is 15.7. The van der Waals surface area contributed by atoms with Gasteiger partial charge in [0.2, 0.25) is 0 Å². The van der Waals surface area contributed by atoms with Crippen molar-refractivity contribution in [3.63, 3.8) is 0 Å². The molecule has 1 aliphatic rings. The maximum atomic E-state index is 12.8. The van der Waals surface area contributed by atoms with Gasteiger partial charge in [0.25, 0.3) is 5.91 Å². The van der Waals surface area contributed by atoms with Crippen LogP contribution in [0, 0.1) is 5.92 Å². The summed E-state index contributed by atoms with van der Waals surface area (Å²) >= 11 is 1.77. The smallest absolute Gasteiger partial charge is 0.254 e. The first kappa shape index (κ1) is 19.3. The molecule has 1 aliphatic heterocycles. The van der Waals surface area contributed by atoms with Gasteiger partial charge in [0, 0.05) is 23.2 Å². The minimum absolute atomic E-state index is 0. The van der Waals surface area contributed by atoms with Gasteiger partial charge < -0.3 is 10.2 Å². The lowest BCUT2D eigenvalue weighted by atomic mass is 9.96. The van der Waals surface area contributed by atoms with E-state index in [1.807, 2.05) is 30.1 Å². The molecule has 0 atom stereocenters. The number of piperidine rings is 1. The summed E-state index contributed by atoms with van der Waals surface area (Å²) in [6.07, 6.45) is 2.21. The molecule has 1 aromatic carbocycles. The lowest BCUT2D eigenvalue weighted by Crippen LogP contribution is -2.40. The summed E-state index contributed by atoms with van der Waals surface area (Å²) in [6, 6.07) is 8.00. The number of benzene rings is 1. The Morgan fingerprint density at radius 2 is 1.95 bits per heavy atom. The number of nitrogens with zero attached hydrogens (tertiary/aromatic N) is 1. The van der Waals surface area contributed by atoms with Gasteiger partial charge in [-0.1, -0.05) is 26.0 Å². The van der Waals surface area contributed by atoms with Crippen molar-refractivity contribution in [3.8, 4) is 0 Å². The monoisotopic (exact) mass is 342 g/mol. The molecule has 0 bridgehead atoms. The van der Waals surface area contributed by atoms with E-state index < -0.39 is 0 Å². The van der Waals surface area contributed by atoms with E-state index in [0.29, 0.717) is 11.2 Å². The largest absolute Gasteiger partial charge is 0.339 e. The summed E-state index contributed by atoms with van der Waals surface area (Å²) in [6.45, 7) is 7.14. The number of rotatable bonds is 5. The Morgan fingerprint density at radius 1 is 1.32 bits per heavy atom. The van der Waals surface area contributed by atoms with Crippen LogP contribution in [-0.4, -0.2) is 42.7 Å². The Balaban J connectivity index is 0.00000242. The van der Waals surface area contributed by atoms with Gasteiger partial charge in [0.05, 0.1) is 5.56 Å². The molecule has 1 heterocycles. The van der Waals surface area contributed by atoms with Gasteiger partial charge in [-0.25, -0.2) is 0 Å². The Hall–Kier alpha value is -0.710. The summed E-state index contributed by atoms with van der Waals surface area (Å²) < 4.78 is 0. The number of likely N-dealkylation sites (tertiary alicyclic amines) is 1. The lowest BCUT2D eigenvalue weighted by Gasteiger charge is -2.32. The predicted molar refractivity (Wildman–Crippen MR) is 97.2 cm³/mol. The molecular formula is C17H27ClN2OS. The molecule has 2 rings (SSSR count). The molecule has 0 spiro atoms. The predicted octanol–water partition coefficient (Wildman–Crippen LogP) is 3.68. The molecule has 1 aromatic rings. The zero-order valence-electron chi connectivity index (χ0n) is 13.7. The molecule has 124 valence electrons. The number of amides is 1. The number of carbonyl (C=O) groups excluding carboxylic acids is 1. The van der Waals surface area contributed by atoms with E-state index in [1.54, 1.807) is 11.8 Å². The number of nitrogens with one attached hydrogen (secondary N) is 1. The first-order chi connectivity index (χ1) is 10.1. The fraction of sp³-hybridized carbons (Fsp3) is 0.588. The van der Waals surface area contributed by atoms with E-state index in [4.69, 9.17) is 0 Å². The summed E-state index contributed by atoms with van der Waals surface area (Å²) in [5.41, 5.74) is 0.864. The molecular weight excluding hydrogens is 316 g/mol. The molecule has 0 aliphatic carbocycles. The Labute approximate surface area is 144 Å². The number of hydrogen-bond acceptors (Lipinski definition) is 3. The number of hydrogen-bond donors (Lipinski definition) is 1. The summed E-state index contributed by atoms with van der Waals surface area (Å²) in [5.74, 6) is 0.904. The summed E-state index contributed by atoms with van der Waals surface area (Å²) in [7, 11) is 2.00. The van der Waals surface area contributed by atoms with Crippen molar-refractivity contribution in [1.29, 1.82) is 0 Å². The first-order valence-corrected chi connectivity index (χ1v) is 8.69. The minimum atomic E-state index is 0. The van der Waals surface area contributed by atoms with Crippen molar-refractivity contribution in [2.45, 2.75) is 36.8 Å². The van der Waals surface area contributed by atoms with Crippen LogP contribution in [0.1, 0.15) is 37.0 Å². The SMILES string of the molecule is CNCC1CCN(C(=O)c2ccccc2SC(C)C)CC1.Cl. The fourth-order valence-electron chi connectivity index (χ4n) is 2.80. The fourth-order valence-corrected chi connectivity index (χ4v) is 3.75. The average Bonchev–Trinajstić information content (AvgIpc) is 2.48. The molecule has 1 fully saturated rings. The second-order valence-electron chi connectivity index (χ2n) is 5.96. The van der Waals surface area contributed by atoms with Crippen LogP contribution in [0.3, 0.4) is 0 Å². The number of carbonyl (C=O) groups is 1. The van der Waals surface area contributed by atoms with Crippen LogP contribution < -0.4 is 5.32 Å². The van der Waals surface area contributed by atoms with Gasteiger partial charge in [-0.2, -0.15) is 0 Å². The van der Waals surface area contributed by atoms with Crippen LogP contribution in [0.15, 0.2) is 29.2 Å². The Kier molecular flexibility index (Phi) is 8.29. The van der Waals surface area contributed by atoms with E-state index in [-0.39, 0.29) is 18.3 Å². The van der Waals surface area contributed by atoms with Crippen molar-refractivity contribution in [2.24, 2.45) is 5.92 Å². The molecule has 0 unspecified atom stereocenters. The van der Waals surface area contributed by atoms with Crippen LogP contribution in [-0.2, 0) is 0 Å². The van der Waals surface area contributed by atoms with Crippen molar-refractivity contribution in [1.82, 2.24) is 10.2 Å². The molecule has 0 aromatic heterocycles. The zero-order valence-corrected chi connectivity index (χ0v) is 15.3. The second kappa shape index (κ2) is 9.43. The number of thioether (sulfide) groups is 1. The molecule has 3 nitrogen and oxygen atoms in total. The van der Waals surface area contributed by atoms with Crippen LogP contribution in [0.25, 0.3) is 0 Å². The highest BCUT2D eigenvalue weighted by Crippen LogP contribution is 2.28. The van der Waals surface area contributed by atoms with Gasteiger partial charge in [-0.15, -0.1) is 24.2 Å². The molecule has 0 saturated carbocycles. The van der Waals surface area contributed by atoms with Crippen molar-refractivity contribution < 1.29 is 4.79 Å². The molecule has 22 heavy (non-hydrogen) atoms. The van der Waals surface area contributed by atoms with Gasteiger partial charge in [-0.3, -0.25) is 4.79 Å². The van der Waals surface area contributed by atoms with Crippen molar-refractivity contribution >= 4 is 30.1 Å². The van der Waals surface area contributed by atoms with E-state index in [1.165, 1.54) is 0 Å². The average molecular weight is 343 g/mol. The van der Waals surface area contributed by atoms with E-state index in [9.17, 15) is 4.79 Å². The highest BCUT2D eigenvalue weighted by molar-refractivity contribution is 8.00. The van der Waals surface area contributed by atoms with Crippen molar-refractivity contribution in [2.75, 3.05) is 26.7 Å². The third kappa shape index (κ3) is 5.18. The van der Waals surface area contributed by atoms with Crippen LogP contribution in [0.5, 0.6) is 0 Å². The Bertz CT molecular complexity index is 473. The quantitative estimate of drug-likeness (QED) is 0.828. The van der Waals surface area contributed by atoms with Gasteiger partial charge in [0.15, 0.2) is 0 Å². The van der Waals surface area contributed by atoms with Gasteiger partial charge >= 0.3 is 0 Å². The third-order valence-electron chi connectivity index (χ3n) is 3.87. The van der Waals surface area contributed by atoms with E-state index in [0.717, 1.165) is 42.9 Å². The topological polar surface area (TPSA) is 32.3 Å². The van der Waals surface area contributed by atoms with Crippen molar-refractivity contribution in [3.05, 3.63) is 29.8 Å². The second-order valence-corrected chi connectivity index (χ2v) is 7.57. The van der Waals surface area contributed by atoms with E-state index >= 15 is 0 Å². The summed E-state index contributed by atoms with van der Waals surface area (Å²) in [5, 5.41) is 3.72. The lowest BCUT2D eigenvalue weighted by molar-refractivity contribution is 0.0687. The highest BCUT2D eigenvalue weighted by atomic mass is 35.5.